The highest BCUT2D eigenvalue weighted by atomic mass is 16.4. The number of nitrogens with one attached hydrogen (secondary N) is 1. The third-order valence-corrected chi connectivity index (χ3v) is 6.48. The molecular weight excluding hydrogens is 368 g/mol. The van der Waals surface area contributed by atoms with Crippen molar-refractivity contribution in [1.82, 2.24) is 9.88 Å². The molecule has 1 aromatic heterocycles. The fourth-order valence-corrected chi connectivity index (χ4v) is 4.77. The quantitative estimate of drug-likeness (QED) is 0.713. The van der Waals surface area contributed by atoms with Gasteiger partial charge in [0.15, 0.2) is 0 Å². The van der Waals surface area contributed by atoms with Gasteiger partial charge in [-0.05, 0) is 62.0 Å². The lowest BCUT2D eigenvalue weighted by molar-refractivity contribution is -0.140. The van der Waals surface area contributed by atoms with Crippen molar-refractivity contribution in [3.8, 4) is 0 Å². The molecule has 1 saturated carbocycles. The minimum Gasteiger partial charge on any atom is -0.480 e. The maximum atomic E-state index is 13.3. The van der Waals surface area contributed by atoms with Crippen molar-refractivity contribution in [1.29, 1.82) is 0 Å². The molecule has 0 aliphatic heterocycles. The largest absolute Gasteiger partial charge is 0.480 e. The number of carbonyl (C=O) groups excluding carboxylic acids is 1. The molecule has 2 aliphatic carbocycles. The number of carboxylic acid groups (broad SMARTS) is 1. The average Bonchev–Trinajstić information content (AvgIpc) is 2.93. The zero-order valence-corrected chi connectivity index (χ0v) is 17.7. The van der Waals surface area contributed by atoms with Gasteiger partial charge in [-0.25, -0.2) is 4.79 Å². The first-order chi connectivity index (χ1) is 13.9. The molecule has 1 atom stereocenters. The molecule has 6 nitrogen and oxygen atoms in total. The second-order valence-electron chi connectivity index (χ2n) is 9.04. The monoisotopic (exact) mass is 402 g/mol. The Morgan fingerprint density at radius 2 is 1.76 bits per heavy atom. The smallest absolute Gasteiger partial charge is 0.326 e. The summed E-state index contributed by atoms with van der Waals surface area (Å²) in [5.41, 5.74) is 2.00. The van der Waals surface area contributed by atoms with Gasteiger partial charge in [-0.1, -0.05) is 39.5 Å². The van der Waals surface area contributed by atoms with Crippen molar-refractivity contribution < 1.29 is 14.7 Å². The van der Waals surface area contributed by atoms with Crippen molar-refractivity contribution in [2.45, 2.75) is 90.6 Å². The van der Waals surface area contributed by atoms with Crippen LogP contribution < -0.4 is 10.9 Å². The highest BCUT2D eigenvalue weighted by Crippen LogP contribution is 2.27. The average molecular weight is 403 g/mol. The molecule has 2 N–H and O–H groups in total. The highest BCUT2D eigenvalue weighted by molar-refractivity contribution is 5.96. The van der Waals surface area contributed by atoms with E-state index in [0.29, 0.717) is 12.5 Å². The van der Waals surface area contributed by atoms with E-state index in [1.165, 1.54) is 19.3 Å². The normalized spacial score (nSPS) is 18.7. The number of pyridine rings is 1. The van der Waals surface area contributed by atoms with Crippen LogP contribution in [0.1, 0.15) is 86.8 Å². The van der Waals surface area contributed by atoms with E-state index >= 15 is 0 Å². The standard InChI is InChI=1S/C23H34N2O4/c1-15(2)20(23(28)29)24-21(26)18-13-17-11-7-4-8-12-19(17)25(22(18)27)14-16-9-5-3-6-10-16/h13,15-16,20H,3-12,14H2,1-2H3,(H,24,26)(H,28,29)/t20-/m0/s1. The van der Waals surface area contributed by atoms with Gasteiger partial charge in [-0.15, -0.1) is 0 Å². The third-order valence-electron chi connectivity index (χ3n) is 6.48. The van der Waals surface area contributed by atoms with Crippen LogP contribution in [0, 0.1) is 11.8 Å². The Bertz CT molecular complexity index is 806. The topological polar surface area (TPSA) is 88.4 Å². The number of rotatable bonds is 6. The number of hydrogen-bond donors (Lipinski definition) is 2. The van der Waals surface area contributed by atoms with Gasteiger partial charge in [0, 0.05) is 12.2 Å². The Labute approximate surface area is 172 Å². The van der Waals surface area contributed by atoms with Crippen LogP contribution in [0.15, 0.2) is 10.9 Å². The Hall–Kier alpha value is -2.11. The minimum absolute atomic E-state index is 0.0911. The van der Waals surface area contributed by atoms with Gasteiger partial charge in [-0.2, -0.15) is 0 Å². The van der Waals surface area contributed by atoms with Gasteiger partial charge in [0.05, 0.1) is 0 Å². The summed E-state index contributed by atoms with van der Waals surface area (Å²) in [5, 5.41) is 12.0. The first-order valence-electron chi connectivity index (χ1n) is 11.2. The third kappa shape index (κ3) is 5.09. The van der Waals surface area contributed by atoms with Gasteiger partial charge in [0.2, 0.25) is 0 Å². The number of aliphatic carboxylic acids is 1. The number of aromatic nitrogens is 1. The lowest BCUT2D eigenvalue weighted by Gasteiger charge is -2.26. The zero-order valence-electron chi connectivity index (χ0n) is 17.7. The van der Waals surface area contributed by atoms with Gasteiger partial charge in [0.1, 0.15) is 11.6 Å². The Morgan fingerprint density at radius 3 is 2.41 bits per heavy atom. The maximum Gasteiger partial charge on any atom is 0.326 e. The van der Waals surface area contributed by atoms with Crippen LogP contribution in [0.2, 0.25) is 0 Å². The molecule has 0 bridgehead atoms. The summed E-state index contributed by atoms with van der Waals surface area (Å²) in [5.74, 6) is -1.43. The van der Waals surface area contributed by atoms with Crippen LogP contribution in [0.4, 0.5) is 0 Å². The number of carboxylic acids is 1. The molecule has 0 radical (unpaired) electrons. The molecule has 1 fully saturated rings. The van der Waals surface area contributed by atoms with E-state index in [9.17, 15) is 19.5 Å². The zero-order chi connectivity index (χ0) is 21.0. The molecule has 3 rings (SSSR count). The molecule has 0 spiro atoms. The molecule has 0 unspecified atom stereocenters. The van der Waals surface area contributed by atoms with Crippen LogP contribution in [0.5, 0.6) is 0 Å². The van der Waals surface area contributed by atoms with Gasteiger partial charge < -0.3 is 15.0 Å². The maximum absolute atomic E-state index is 13.3. The summed E-state index contributed by atoms with van der Waals surface area (Å²) in [4.78, 5) is 37.8. The van der Waals surface area contributed by atoms with E-state index < -0.39 is 17.9 Å². The second-order valence-corrected chi connectivity index (χ2v) is 9.04. The summed E-state index contributed by atoms with van der Waals surface area (Å²) < 4.78 is 1.86. The Balaban J connectivity index is 1.97. The van der Waals surface area contributed by atoms with Crippen LogP contribution in [-0.2, 0) is 24.2 Å². The molecule has 160 valence electrons. The number of carbonyl (C=O) groups is 2. The molecule has 0 saturated heterocycles. The number of hydrogen-bond acceptors (Lipinski definition) is 3. The van der Waals surface area contributed by atoms with Crippen LogP contribution >= 0.6 is 0 Å². The summed E-state index contributed by atoms with van der Waals surface area (Å²) in [7, 11) is 0. The van der Waals surface area contributed by atoms with E-state index in [1.54, 1.807) is 19.9 Å². The highest BCUT2D eigenvalue weighted by Gasteiger charge is 2.27. The molecule has 6 heteroatoms. The lowest BCUT2D eigenvalue weighted by atomic mass is 9.89. The first-order valence-corrected chi connectivity index (χ1v) is 11.2. The summed E-state index contributed by atoms with van der Waals surface area (Å²) in [6.45, 7) is 4.17. The van der Waals surface area contributed by atoms with E-state index in [4.69, 9.17) is 0 Å². The summed E-state index contributed by atoms with van der Waals surface area (Å²) >= 11 is 0. The van der Waals surface area contributed by atoms with E-state index in [0.717, 1.165) is 56.2 Å². The van der Waals surface area contributed by atoms with Crippen LogP contribution in [-0.4, -0.2) is 27.6 Å². The molecule has 1 aromatic rings. The number of fused-ring (bicyclic) bond motifs is 1. The van der Waals surface area contributed by atoms with Crippen LogP contribution in [0.3, 0.4) is 0 Å². The lowest BCUT2D eigenvalue weighted by Crippen LogP contribution is -2.46. The van der Waals surface area contributed by atoms with E-state index in [2.05, 4.69) is 5.32 Å². The fourth-order valence-electron chi connectivity index (χ4n) is 4.77. The van der Waals surface area contributed by atoms with Crippen molar-refractivity contribution in [3.05, 3.63) is 33.2 Å². The molecule has 0 aromatic carbocycles. The molecule has 29 heavy (non-hydrogen) atoms. The summed E-state index contributed by atoms with van der Waals surface area (Å²) in [6.07, 6.45) is 10.9. The number of nitrogens with zero attached hydrogens (tertiary/aromatic N) is 1. The van der Waals surface area contributed by atoms with E-state index in [1.807, 2.05) is 4.57 Å². The fraction of sp³-hybridized carbons (Fsp3) is 0.696. The van der Waals surface area contributed by atoms with Crippen molar-refractivity contribution in [2.75, 3.05) is 0 Å². The minimum atomic E-state index is -1.08. The van der Waals surface area contributed by atoms with Crippen molar-refractivity contribution in [3.63, 3.8) is 0 Å². The molecule has 1 heterocycles. The second kappa shape index (κ2) is 9.59. The van der Waals surface area contributed by atoms with Crippen molar-refractivity contribution >= 4 is 11.9 Å². The Morgan fingerprint density at radius 1 is 1.10 bits per heavy atom. The Kier molecular flexibility index (Phi) is 7.14. The molecular formula is C23H34N2O4. The SMILES string of the molecule is CC(C)[C@H](NC(=O)c1cc2c(n(CC3CCCCC3)c1=O)CCCCC2)C(=O)O. The number of aryl methyl sites for hydroxylation is 1. The van der Waals surface area contributed by atoms with Gasteiger partial charge in [0.25, 0.3) is 11.5 Å². The van der Waals surface area contributed by atoms with Crippen molar-refractivity contribution in [2.24, 2.45) is 11.8 Å². The molecule has 1 amide bonds. The predicted octanol–water partition coefficient (Wildman–Crippen LogP) is 3.54. The van der Waals surface area contributed by atoms with E-state index in [-0.39, 0.29) is 17.0 Å². The molecule has 2 aliphatic rings. The summed E-state index contributed by atoms with van der Waals surface area (Å²) in [6, 6.07) is 0.724. The van der Waals surface area contributed by atoms with Gasteiger partial charge >= 0.3 is 5.97 Å². The first kappa shape index (κ1) is 21.6. The number of amides is 1. The van der Waals surface area contributed by atoms with Gasteiger partial charge in [-0.3, -0.25) is 9.59 Å². The predicted molar refractivity (Wildman–Crippen MR) is 112 cm³/mol. The van der Waals surface area contributed by atoms with Crippen LogP contribution in [0.25, 0.3) is 0 Å².